The molecule has 2 aromatic carbocycles. The van der Waals surface area contributed by atoms with Crippen molar-refractivity contribution < 1.29 is 33.3 Å². The van der Waals surface area contributed by atoms with E-state index in [2.05, 4.69) is 17.6 Å². The summed E-state index contributed by atoms with van der Waals surface area (Å²) in [5, 5.41) is 1.26. The van der Waals surface area contributed by atoms with E-state index in [4.69, 9.17) is 23.7 Å². The predicted octanol–water partition coefficient (Wildman–Crippen LogP) is 4.37. The number of methoxy groups -OCH3 is 5. The van der Waals surface area contributed by atoms with Crippen LogP contribution in [0.15, 0.2) is 53.0 Å². The molecule has 1 aliphatic carbocycles. The van der Waals surface area contributed by atoms with Crippen molar-refractivity contribution in [1.82, 2.24) is 5.43 Å². The number of allylic oxidation sites excluding steroid dienone is 2. The number of nitrogens with zero attached hydrogens (tertiary/aromatic N) is 1. The zero-order valence-corrected chi connectivity index (χ0v) is 22.3. The van der Waals surface area contributed by atoms with Crippen LogP contribution in [0.25, 0.3) is 0 Å². The molecule has 0 saturated carbocycles. The third-order valence-electron chi connectivity index (χ3n) is 6.25. The summed E-state index contributed by atoms with van der Waals surface area (Å²) in [6.07, 6.45) is 5.87. The van der Waals surface area contributed by atoms with Crippen LogP contribution >= 0.6 is 11.8 Å². The molecule has 2 aliphatic rings. The highest BCUT2D eigenvalue weighted by Gasteiger charge is 2.36. The SMILES string of the molecule is COc1cc(OC)cc(C(=O)NN(C(=O)C2CSC3=C2CCC=C3)c2cc(OC)c(OC)c(OC)c2)c1. The predicted molar refractivity (Wildman–Crippen MR) is 142 cm³/mol. The van der Waals surface area contributed by atoms with E-state index in [1.165, 1.54) is 40.6 Å². The molecule has 1 aliphatic heterocycles. The van der Waals surface area contributed by atoms with Gasteiger partial charge in [-0.2, -0.15) is 0 Å². The normalized spacial score (nSPS) is 16.1. The van der Waals surface area contributed by atoms with E-state index in [1.807, 2.05) is 0 Å². The zero-order chi connectivity index (χ0) is 26.5. The van der Waals surface area contributed by atoms with Crippen molar-refractivity contribution >= 4 is 29.3 Å². The Balaban J connectivity index is 1.77. The number of hydrazine groups is 1. The van der Waals surface area contributed by atoms with Crippen LogP contribution in [0.5, 0.6) is 28.7 Å². The molecule has 196 valence electrons. The minimum absolute atomic E-state index is 0.259. The summed E-state index contributed by atoms with van der Waals surface area (Å²) in [7, 11) is 7.50. The molecule has 1 atom stereocenters. The van der Waals surface area contributed by atoms with Gasteiger partial charge in [-0.05, 0) is 30.5 Å². The van der Waals surface area contributed by atoms with Crippen LogP contribution in [0.3, 0.4) is 0 Å². The lowest BCUT2D eigenvalue weighted by Crippen LogP contribution is -2.49. The van der Waals surface area contributed by atoms with Crippen LogP contribution in [-0.2, 0) is 4.79 Å². The van der Waals surface area contributed by atoms with E-state index in [1.54, 1.807) is 42.1 Å². The van der Waals surface area contributed by atoms with Gasteiger partial charge in [-0.25, -0.2) is 5.01 Å². The lowest BCUT2D eigenvalue weighted by atomic mass is 9.92. The van der Waals surface area contributed by atoms with Crippen LogP contribution in [0.2, 0.25) is 0 Å². The van der Waals surface area contributed by atoms with Crippen molar-refractivity contribution in [3.05, 3.63) is 58.5 Å². The molecule has 1 N–H and O–H groups in total. The monoisotopic (exact) mass is 526 g/mol. The molecule has 0 fully saturated rings. The molecular formula is C27H30N2O7S. The molecule has 2 amide bonds. The average Bonchev–Trinajstić information content (AvgIpc) is 3.38. The summed E-state index contributed by atoms with van der Waals surface area (Å²) in [6.45, 7) is 0. The van der Waals surface area contributed by atoms with Crippen molar-refractivity contribution in [1.29, 1.82) is 0 Å². The molecule has 0 spiro atoms. The van der Waals surface area contributed by atoms with Gasteiger partial charge in [0.25, 0.3) is 11.8 Å². The van der Waals surface area contributed by atoms with Crippen LogP contribution < -0.4 is 34.1 Å². The minimum atomic E-state index is -0.511. The number of amides is 2. The van der Waals surface area contributed by atoms with Gasteiger partial charge in [0.1, 0.15) is 11.5 Å². The van der Waals surface area contributed by atoms with Gasteiger partial charge >= 0.3 is 0 Å². The van der Waals surface area contributed by atoms with Gasteiger partial charge in [0.2, 0.25) is 5.75 Å². The fourth-order valence-corrected chi connectivity index (χ4v) is 5.66. The molecule has 1 heterocycles. The highest BCUT2D eigenvalue weighted by atomic mass is 32.2. The Morgan fingerprint density at radius 1 is 0.892 bits per heavy atom. The molecule has 9 nitrogen and oxygen atoms in total. The van der Waals surface area contributed by atoms with Crippen molar-refractivity contribution in [3.8, 4) is 28.7 Å². The Morgan fingerprint density at radius 3 is 2.11 bits per heavy atom. The molecule has 10 heteroatoms. The van der Waals surface area contributed by atoms with Gasteiger partial charge in [0, 0.05) is 34.4 Å². The second kappa shape index (κ2) is 11.5. The Kier molecular flexibility index (Phi) is 8.17. The van der Waals surface area contributed by atoms with Gasteiger partial charge in [0.05, 0.1) is 47.2 Å². The average molecular weight is 527 g/mol. The van der Waals surface area contributed by atoms with Gasteiger partial charge in [-0.15, -0.1) is 11.8 Å². The Bertz CT molecular complexity index is 1210. The first-order valence-electron chi connectivity index (χ1n) is 11.6. The van der Waals surface area contributed by atoms with Gasteiger partial charge in [-0.3, -0.25) is 15.0 Å². The maximum atomic E-state index is 14.0. The number of nitrogens with one attached hydrogen (secondary N) is 1. The molecule has 1 unspecified atom stereocenters. The number of hydrogen-bond acceptors (Lipinski definition) is 8. The third-order valence-corrected chi connectivity index (χ3v) is 7.45. The Morgan fingerprint density at radius 2 is 1.54 bits per heavy atom. The van der Waals surface area contributed by atoms with E-state index < -0.39 is 5.91 Å². The fraction of sp³-hybridized carbons (Fsp3) is 0.333. The molecule has 0 saturated heterocycles. The quantitative estimate of drug-likeness (QED) is 0.507. The van der Waals surface area contributed by atoms with Gasteiger partial charge in [0.15, 0.2) is 11.5 Å². The molecule has 0 bridgehead atoms. The summed E-state index contributed by atoms with van der Waals surface area (Å²) in [4.78, 5) is 28.6. The van der Waals surface area contributed by atoms with Crippen molar-refractivity contribution in [2.45, 2.75) is 12.8 Å². The van der Waals surface area contributed by atoms with Crippen molar-refractivity contribution in [2.75, 3.05) is 46.3 Å². The topological polar surface area (TPSA) is 95.6 Å². The lowest BCUT2D eigenvalue weighted by Gasteiger charge is -2.28. The van der Waals surface area contributed by atoms with Crippen LogP contribution in [0.4, 0.5) is 5.69 Å². The van der Waals surface area contributed by atoms with E-state index in [0.29, 0.717) is 40.2 Å². The summed E-state index contributed by atoms with van der Waals surface area (Å²) in [5.74, 6) is 1.43. The Labute approximate surface area is 220 Å². The summed E-state index contributed by atoms with van der Waals surface area (Å²) in [5.41, 5.74) is 4.52. The largest absolute Gasteiger partial charge is 0.497 e. The molecule has 37 heavy (non-hydrogen) atoms. The molecule has 0 aromatic heterocycles. The van der Waals surface area contributed by atoms with E-state index in [-0.39, 0.29) is 17.4 Å². The second-order valence-corrected chi connectivity index (χ2v) is 9.36. The zero-order valence-electron chi connectivity index (χ0n) is 21.5. The number of rotatable bonds is 8. The number of benzene rings is 2. The number of hydrogen-bond donors (Lipinski definition) is 1. The molecule has 2 aromatic rings. The van der Waals surface area contributed by atoms with E-state index in [0.717, 1.165) is 23.3 Å². The molecule has 0 radical (unpaired) electrons. The highest BCUT2D eigenvalue weighted by molar-refractivity contribution is 8.03. The fourth-order valence-electron chi connectivity index (χ4n) is 4.34. The first-order valence-corrected chi connectivity index (χ1v) is 12.6. The summed E-state index contributed by atoms with van der Waals surface area (Å²) < 4.78 is 27.1. The summed E-state index contributed by atoms with van der Waals surface area (Å²) in [6, 6.07) is 8.08. The van der Waals surface area contributed by atoms with Gasteiger partial charge in [-0.1, -0.05) is 12.2 Å². The summed E-state index contributed by atoms with van der Waals surface area (Å²) >= 11 is 1.65. The molecular weight excluding hydrogens is 496 g/mol. The minimum Gasteiger partial charge on any atom is -0.497 e. The van der Waals surface area contributed by atoms with Crippen molar-refractivity contribution in [2.24, 2.45) is 5.92 Å². The van der Waals surface area contributed by atoms with Gasteiger partial charge < -0.3 is 23.7 Å². The van der Waals surface area contributed by atoms with E-state index >= 15 is 0 Å². The maximum absolute atomic E-state index is 14.0. The second-order valence-electron chi connectivity index (χ2n) is 8.29. The van der Waals surface area contributed by atoms with Crippen LogP contribution in [0.1, 0.15) is 23.2 Å². The first kappa shape index (κ1) is 26.3. The number of thioether (sulfide) groups is 1. The number of carbonyl (C=O) groups excluding carboxylic acids is 2. The lowest BCUT2D eigenvalue weighted by molar-refractivity contribution is -0.121. The number of carbonyl (C=O) groups is 2. The Hall–Kier alpha value is -3.79. The van der Waals surface area contributed by atoms with Crippen LogP contribution in [-0.4, -0.2) is 53.1 Å². The number of ether oxygens (including phenoxy) is 5. The number of anilines is 1. The van der Waals surface area contributed by atoms with Crippen LogP contribution in [0, 0.1) is 5.92 Å². The first-order chi connectivity index (χ1) is 17.9. The van der Waals surface area contributed by atoms with E-state index in [9.17, 15) is 9.59 Å². The van der Waals surface area contributed by atoms with Crippen molar-refractivity contribution in [3.63, 3.8) is 0 Å². The molecule has 4 rings (SSSR count). The maximum Gasteiger partial charge on any atom is 0.270 e. The highest BCUT2D eigenvalue weighted by Crippen LogP contribution is 2.44. The smallest absolute Gasteiger partial charge is 0.270 e. The standard InChI is InChI=1S/C27H30N2O7S/c1-32-18-10-16(11-19(14-18)33-2)26(30)28-29(17-12-22(34-3)25(36-5)23(13-17)35-4)27(31)21-15-37-24-9-7-6-8-20(21)24/h7,9-14,21H,6,8,15H2,1-5H3,(H,28,30). The third kappa shape index (κ3) is 5.34.